The second-order valence-electron chi connectivity index (χ2n) is 8.53. The van der Waals surface area contributed by atoms with Crippen molar-refractivity contribution in [1.29, 1.82) is 0 Å². The van der Waals surface area contributed by atoms with Crippen LogP contribution in [0, 0.1) is 37.1 Å². The molecule has 1 aliphatic rings. The molecule has 0 bridgehead atoms. The van der Waals surface area contributed by atoms with Gasteiger partial charge in [-0.05, 0) is 55.5 Å². The molecule has 1 saturated heterocycles. The number of rotatable bonds is 5. The summed E-state index contributed by atoms with van der Waals surface area (Å²) in [5.74, 6) is -6.18. The van der Waals surface area contributed by atoms with Crippen LogP contribution in [0.3, 0.4) is 0 Å². The standard InChI is InChI=1S/C26H22F6O2S/c1-13-19(27)11-23(14(2)25(13)30)34-26(31,32)24-20(28)9-17(10-21(24)29)15-3-5-16(6-4-15)22-8-7-18(35)12-33-22/h3-6,9-11,18,22,35H,7-8,12H2,1-2H3. The quantitative estimate of drug-likeness (QED) is 0.278. The first-order chi connectivity index (χ1) is 16.5. The Morgan fingerprint density at radius 3 is 2.06 bits per heavy atom. The SMILES string of the molecule is Cc1c(F)cc(OC(F)(F)c2c(F)cc(-c3ccc(C4CCC(S)CO4)cc3)cc2F)c(C)c1F. The van der Waals surface area contributed by atoms with Gasteiger partial charge in [0.1, 0.15) is 34.6 Å². The molecular weight excluding hydrogens is 490 g/mol. The second kappa shape index (κ2) is 9.78. The van der Waals surface area contributed by atoms with Gasteiger partial charge in [-0.2, -0.15) is 21.4 Å². The van der Waals surface area contributed by atoms with Crippen molar-refractivity contribution < 1.29 is 35.8 Å². The van der Waals surface area contributed by atoms with Crippen molar-refractivity contribution in [2.75, 3.05) is 6.61 Å². The van der Waals surface area contributed by atoms with Crippen LogP contribution in [0.5, 0.6) is 5.75 Å². The molecule has 0 aliphatic carbocycles. The van der Waals surface area contributed by atoms with E-state index in [1.807, 2.05) is 0 Å². The number of benzene rings is 3. The predicted octanol–water partition coefficient (Wildman–Crippen LogP) is 7.81. The fourth-order valence-electron chi connectivity index (χ4n) is 4.03. The van der Waals surface area contributed by atoms with Gasteiger partial charge in [-0.1, -0.05) is 24.3 Å². The summed E-state index contributed by atoms with van der Waals surface area (Å²) in [7, 11) is 0. The van der Waals surface area contributed by atoms with Crippen LogP contribution in [0.4, 0.5) is 26.3 Å². The normalized spacial score (nSPS) is 18.5. The molecule has 1 heterocycles. The molecule has 0 saturated carbocycles. The molecule has 186 valence electrons. The van der Waals surface area contributed by atoms with E-state index in [4.69, 9.17) is 4.74 Å². The van der Waals surface area contributed by atoms with Gasteiger partial charge in [0.25, 0.3) is 0 Å². The minimum atomic E-state index is -4.53. The van der Waals surface area contributed by atoms with Gasteiger partial charge in [-0.25, -0.2) is 17.6 Å². The average molecular weight is 513 g/mol. The number of hydrogen-bond acceptors (Lipinski definition) is 3. The van der Waals surface area contributed by atoms with E-state index in [-0.39, 0.29) is 22.5 Å². The zero-order chi connectivity index (χ0) is 25.5. The topological polar surface area (TPSA) is 18.5 Å². The van der Waals surface area contributed by atoms with Gasteiger partial charge in [0.2, 0.25) is 0 Å². The Kier molecular flexibility index (Phi) is 7.11. The van der Waals surface area contributed by atoms with Crippen molar-refractivity contribution in [3.8, 4) is 16.9 Å². The summed E-state index contributed by atoms with van der Waals surface area (Å²) in [6, 6.07) is 8.82. The molecule has 0 radical (unpaired) electrons. The van der Waals surface area contributed by atoms with Crippen LogP contribution in [0.15, 0.2) is 42.5 Å². The summed E-state index contributed by atoms with van der Waals surface area (Å²) < 4.78 is 97.1. The number of halogens is 6. The van der Waals surface area contributed by atoms with Crippen molar-refractivity contribution in [3.05, 3.63) is 88.0 Å². The molecule has 0 aromatic heterocycles. The molecule has 9 heteroatoms. The van der Waals surface area contributed by atoms with Crippen LogP contribution in [0.1, 0.15) is 41.2 Å². The fourth-order valence-corrected chi connectivity index (χ4v) is 4.26. The zero-order valence-electron chi connectivity index (χ0n) is 18.8. The lowest BCUT2D eigenvalue weighted by Crippen LogP contribution is -2.26. The summed E-state index contributed by atoms with van der Waals surface area (Å²) in [6.07, 6.45) is -2.96. The molecule has 0 spiro atoms. The van der Waals surface area contributed by atoms with E-state index < -0.39 is 46.3 Å². The fraction of sp³-hybridized carbons (Fsp3) is 0.308. The highest BCUT2D eigenvalue weighted by Crippen LogP contribution is 2.39. The third-order valence-electron chi connectivity index (χ3n) is 6.08. The van der Waals surface area contributed by atoms with Gasteiger partial charge in [0.05, 0.1) is 12.7 Å². The second-order valence-corrected chi connectivity index (χ2v) is 9.26. The zero-order valence-corrected chi connectivity index (χ0v) is 19.7. The van der Waals surface area contributed by atoms with Crippen molar-refractivity contribution in [2.24, 2.45) is 0 Å². The minimum absolute atomic E-state index is 0.0368. The highest BCUT2D eigenvalue weighted by molar-refractivity contribution is 7.81. The van der Waals surface area contributed by atoms with Gasteiger partial charge in [0.15, 0.2) is 0 Å². The molecule has 3 aromatic carbocycles. The lowest BCUT2D eigenvalue weighted by molar-refractivity contribution is -0.190. The molecule has 1 fully saturated rings. The maximum Gasteiger partial charge on any atom is 0.432 e. The van der Waals surface area contributed by atoms with Crippen LogP contribution in [-0.2, 0) is 10.8 Å². The molecule has 4 rings (SSSR count). The Bertz CT molecular complexity index is 1210. The van der Waals surface area contributed by atoms with Crippen molar-refractivity contribution in [2.45, 2.75) is 44.2 Å². The van der Waals surface area contributed by atoms with E-state index >= 15 is 0 Å². The van der Waals surface area contributed by atoms with Gasteiger partial charge in [-0.15, -0.1) is 0 Å². The molecule has 0 N–H and O–H groups in total. The molecule has 0 amide bonds. The largest absolute Gasteiger partial charge is 0.432 e. The van der Waals surface area contributed by atoms with Gasteiger partial charge >= 0.3 is 6.11 Å². The van der Waals surface area contributed by atoms with E-state index in [9.17, 15) is 26.3 Å². The summed E-state index contributed by atoms with van der Waals surface area (Å²) >= 11 is 4.38. The Hall–Kier alpha value is -2.65. The Balaban J connectivity index is 1.60. The van der Waals surface area contributed by atoms with Gasteiger partial charge < -0.3 is 9.47 Å². The first-order valence-corrected chi connectivity index (χ1v) is 11.4. The Labute approximate surface area is 204 Å². The Morgan fingerprint density at radius 2 is 1.49 bits per heavy atom. The number of thiol groups is 1. The van der Waals surface area contributed by atoms with Crippen LogP contribution < -0.4 is 4.74 Å². The lowest BCUT2D eigenvalue weighted by atomic mass is 9.97. The lowest BCUT2D eigenvalue weighted by Gasteiger charge is -2.26. The third-order valence-corrected chi connectivity index (χ3v) is 6.49. The van der Waals surface area contributed by atoms with E-state index in [1.165, 1.54) is 0 Å². The minimum Gasteiger partial charge on any atom is -0.428 e. The summed E-state index contributed by atoms with van der Waals surface area (Å²) in [5, 5.41) is 0.185. The van der Waals surface area contributed by atoms with Gasteiger partial charge in [-0.3, -0.25) is 0 Å². The van der Waals surface area contributed by atoms with Gasteiger partial charge in [0, 0.05) is 22.4 Å². The average Bonchev–Trinajstić information content (AvgIpc) is 2.81. The summed E-state index contributed by atoms with van der Waals surface area (Å²) in [5.41, 5.74) is -1.12. The highest BCUT2D eigenvalue weighted by Gasteiger charge is 2.42. The number of ether oxygens (including phenoxy) is 2. The van der Waals surface area contributed by atoms with Crippen molar-refractivity contribution in [1.82, 2.24) is 0 Å². The van der Waals surface area contributed by atoms with Crippen LogP contribution >= 0.6 is 12.6 Å². The van der Waals surface area contributed by atoms with Crippen molar-refractivity contribution >= 4 is 12.6 Å². The Morgan fingerprint density at radius 1 is 0.857 bits per heavy atom. The van der Waals surface area contributed by atoms with E-state index in [0.717, 1.165) is 44.4 Å². The monoisotopic (exact) mass is 512 g/mol. The molecule has 3 aromatic rings. The maximum atomic E-state index is 14.8. The predicted molar refractivity (Wildman–Crippen MR) is 123 cm³/mol. The van der Waals surface area contributed by atoms with Crippen molar-refractivity contribution in [3.63, 3.8) is 0 Å². The van der Waals surface area contributed by atoms with Crippen LogP contribution in [0.2, 0.25) is 0 Å². The van der Waals surface area contributed by atoms with E-state index in [0.29, 0.717) is 18.2 Å². The highest BCUT2D eigenvalue weighted by atomic mass is 32.1. The smallest absolute Gasteiger partial charge is 0.428 e. The van der Waals surface area contributed by atoms with E-state index in [1.54, 1.807) is 24.3 Å². The molecule has 35 heavy (non-hydrogen) atoms. The van der Waals surface area contributed by atoms with Crippen LogP contribution in [0.25, 0.3) is 11.1 Å². The molecular formula is C26H22F6O2S. The third kappa shape index (κ3) is 5.16. The molecule has 2 unspecified atom stereocenters. The first kappa shape index (κ1) is 25.4. The summed E-state index contributed by atoms with van der Waals surface area (Å²) in [4.78, 5) is 0. The molecule has 1 aliphatic heterocycles. The summed E-state index contributed by atoms with van der Waals surface area (Å²) in [6.45, 7) is 2.75. The first-order valence-electron chi connectivity index (χ1n) is 10.9. The molecule has 2 atom stereocenters. The molecule has 2 nitrogen and oxygen atoms in total. The van der Waals surface area contributed by atoms with Crippen LogP contribution in [-0.4, -0.2) is 11.9 Å². The number of alkyl halides is 2. The number of hydrogen-bond donors (Lipinski definition) is 1. The maximum absolute atomic E-state index is 14.8. The van der Waals surface area contributed by atoms with E-state index in [2.05, 4.69) is 17.4 Å².